The van der Waals surface area contributed by atoms with Crippen LogP contribution < -0.4 is 19.5 Å². The van der Waals surface area contributed by atoms with Gasteiger partial charge in [0.15, 0.2) is 22.0 Å². The number of ether oxygens (including phenoxy) is 3. The number of hydrogen-bond acceptors (Lipinski definition) is 8. The maximum absolute atomic E-state index is 14.1. The fraction of sp³-hybridized carbons (Fsp3) is 0.476. The molecule has 1 saturated heterocycles. The fourth-order valence-electron chi connectivity index (χ4n) is 4.70. The van der Waals surface area contributed by atoms with Crippen LogP contribution in [0.2, 0.25) is 0 Å². The molecule has 0 bridgehead atoms. The van der Waals surface area contributed by atoms with Crippen LogP contribution in [0, 0.1) is 0 Å². The van der Waals surface area contributed by atoms with Crippen molar-refractivity contribution in [3.8, 4) is 17.2 Å². The van der Waals surface area contributed by atoms with Crippen LogP contribution in [-0.2, 0) is 15.5 Å². The number of nitrogens with one attached hydrogen (secondary N) is 1. The molecule has 2 atom stereocenters. The van der Waals surface area contributed by atoms with Crippen LogP contribution in [0.1, 0.15) is 35.0 Å². The van der Waals surface area contributed by atoms with Gasteiger partial charge < -0.3 is 19.5 Å². The standard InChI is InChI=1S/C21H27NO7S2/c1-5-21(31(24,25)26,20(8-9-22-13-20)17-7-6-10-30-17)19(23)14-11-15(27-2)18(29-4)16(12-14)28-3/h6-7,10-12,22H,5,8-9,13H2,1-4H3,(H,24,25,26). The van der Waals surface area contributed by atoms with Crippen molar-refractivity contribution in [3.05, 3.63) is 40.1 Å². The lowest BCUT2D eigenvalue weighted by atomic mass is 9.68. The van der Waals surface area contributed by atoms with Crippen LogP contribution in [0.15, 0.2) is 29.6 Å². The van der Waals surface area contributed by atoms with Crippen molar-refractivity contribution in [2.24, 2.45) is 0 Å². The van der Waals surface area contributed by atoms with Gasteiger partial charge in [-0.05, 0) is 43.0 Å². The minimum absolute atomic E-state index is 0.0526. The Morgan fingerprint density at radius 1 is 1.23 bits per heavy atom. The molecular weight excluding hydrogens is 442 g/mol. The van der Waals surface area contributed by atoms with E-state index in [-0.39, 0.29) is 35.8 Å². The Labute approximate surface area is 186 Å². The first-order valence-corrected chi connectivity index (χ1v) is 12.1. The number of Topliss-reactive ketones (excluding diaryl/α,β-unsaturated/α-hetero) is 1. The molecule has 1 aliphatic rings. The number of carbonyl (C=O) groups is 1. The quantitative estimate of drug-likeness (QED) is 0.426. The molecule has 0 spiro atoms. The summed E-state index contributed by atoms with van der Waals surface area (Å²) in [5.41, 5.74) is -1.07. The van der Waals surface area contributed by atoms with E-state index >= 15 is 0 Å². The summed E-state index contributed by atoms with van der Waals surface area (Å²) >= 11 is 1.37. The summed E-state index contributed by atoms with van der Waals surface area (Å²) in [5.74, 6) is 0.0142. The van der Waals surface area contributed by atoms with Gasteiger partial charge in [-0.15, -0.1) is 11.3 Å². The van der Waals surface area contributed by atoms with Crippen molar-refractivity contribution >= 4 is 27.2 Å². The van der Waals surface area contributed by atoms with Gasteiger partial charge in [0.25, 0.3) is 10.1 Å². The molecule has 0 amide bonds. The smallest absolute Gasteiger partial charge is 0.279 e. The van der Waals surface area contributed by atoms with Crippen LogP contribution in [0.3, 0.4) is 0 Å². The molecule has 1 aromatic carbocycles. The molecule has 1 fully saturated rings. The predicted octanol–water partition coefficient (Wildman–Crippen LogP) is 2.92. The molecule has 31 heavy (non-hydrogen) atoms. The molecular formula is C21H27NO7S2. The van der Waals surface area contributed by atoms with Gasteiger partial charge >= 0.3 is 0 Å². The maximum atomic E-state index is 14.1. The Kier molecular flexibility index (Phi) is 6.66. The third-order valence-electron chi connectivity index (χ3n) is 6.15. The van der Waals surface area contributed by atoms with E-state index < -0.39 is 26.1 Å². The molecule has 2 unspecified atom stereocenters. The second-order valence-electron chi connectivity index (χ2n) is 7.38. The average Bonchev–Trinajstić information content (AvgIpc) is 3.45. The van der Waals surface area contributed by atoms with E-state index in [2.05, 4.69) is 5.32 Å². The number of carbonyl (C=O) groups excluding carboxylic acids is 1. The number of benzene rings is 1. The predicted molar refractivity (Wildman–Crippen MR) is 118 cm³/mol. The molecule has 1 aromatic heterocycles. The highest BCUT2D eigenvalue weighted by atomic mass is 32.2. The van der Waals surface area contributed by atoms with E-state index in [1.165, 1.54) is 44.8 Å². The summed E-state index contributed by atoms with van der Waals surface area (Å²) in [4.78, 5) is 14.8. The summed E-state index contributed by atoms with van der Waals surface area (Å²) in [6, 6.07) is 6.47. The summed E-state index contributed by atoms with van der Waals surface area (Å²) in [5, 5.41) is 5.03. The molecule has 0 radical (unpaired) electrons. The summed E-state index contributed by atoms with van der Waals surface area (Å²) < 4.78 is 50.6. The third-order valence-corrected chi connectivity index (χ3v) is 8.97. The zero-order valence-electron chi connectivity index (χ0n) is 17.9. The minimum atomic E-state index is -4.84. The highest BCUT2D eigenvalue weighted by molar-refractivity contribution is 7.88. The Hall–Kier alpha value is -2.14. The molecule has 170 valence electrons. The Bertz CT molecular complexity index is 1020. The van der Waals surface area contributed by atoms with Gasteiger partial charge in [-0.1, -0.05) is 13.0 Å². The van der Waals surface area contributed by atoms with Crippen molar-refractivity contribution in [3.63, 3.8) is 0 Å². The SMILES string of the molecule is CCC(C(=O)c1cc(OC)c(OC)c(OC)c1)(C1(c2cccs2)CCNC1)S(=O)(=O)O. The van der Waals surface area contributed by atoms with Crippen LogP contribution in [0.4, 0.5) is 0 Å². The van der Waals surface area contributed by atoms with E-state index in [4.69, 9.17) is 14.2 Å². The van der Waals surface area contributed by atoms with Crippen LogP contribution in [-0.4, -0.2) is 57.9 Å². The highest BCUT2D eigenvalue weighted by Crippen LogP contribution is 2.51. The largest absolute Gasteiger partial charge is 0.493 e. The number of thiophene rings is 1. The Balaban J connectivity index is 2.32. The van der Waals surface area contributed by atoms with E-state index in [0.717, 1.165) is 4.88 Å². The van der Waals surface area contributed by atoms with Gasteiger partial charge in [-0.2, -0.15) is 8.42 Å². The second-order valence-corrected chi connectivity index (χ2v) is 9.98. The van der Waals surface area contributed by atoms with Gasteiger partial charge in [-0.3, -0.25) is 9.35 Å². The number of rotatable bonds is 9. The zero-order chi connectivity index (χ0) is 22.9. The van der Waals surface area contributed by atoms with Gasteiger partial charge in [0, 0.05) is 22.4 Å². The first-order chi connectivity index (χ1) is 14.7. The summed E-state index contributed by atoms with van der Waals surface area (Å²) in [6.07, 6.45) is 0.276. The molecule has 2 heterocycles. The maximum Gasteiger partial charge on any atom is 0.279 e. The summed E-state index contributed by atoms with van der Waals surface area (Å²) in [7, 11) is -0.581. The van der Waals surface area contributed by atoms with E-state index in [9.17, 15) is 17.8 Å². The number of ketones is 1. The molecule has 8 nitrogen and oxygen atoms in total. The average molecular weight is 470 g/mol. The van der Waals surface area contributed by atoms with Gasteiger partial charge in [0.2, 0.25) is 5.75 Å². The van der Waals surface area contributed by atoms with Crippen LogP contribution in [0.25, 0.3) is 0 Å². The topological polar surface area (TPSA) is 111 Å². The van der Waals surface area contributed by atoms with Crippen LogP contribution >= 0.6 is 11.3 Å². The molecule has 2 N–H and O–H groups in total. The van der Waals surface area contributed by atoms with Crippen molar-refractivity contribution in [1.29, 1.82) is 0 Å². The van der Waals surface area contributed by atoms with Crippen molar-refractivity contribution in [1.82, 2.24) is 5.32 Å². The lowest BCUT2D eigenvalue weighted by molar-refractivity contribution is 0.0870. The first-order valence-electron chi connectivity index (χ1n) is 9.79. The van der Waals surface area contributed by atoms with Crippen molar-refractivity contribution < 1.29 is 32.0 Å². The molecule has 0 saturated carbocycles. The Morgan fingerprint density at radius 2 is 1.87 bits per heavy atom. The fourth-order valence-corrected chi connectivity index (χ4v) is 7.30. The molecule has 0 aliphatic carbocycles. The van der Waals surface area contributed by atoms with E-state index in [1.807, 2.05) is 17.5 Å². The molecule has 1 aliphatic heterocycles. The van der Waals surface area contributed by atoms with E-state index in [1.54, 1.807) is 6.92 Å². The van der Waals surface area contributed by atoms with Gasteiger partial charge in [0.05, 0.1) is 21.3 Å². The number of hydrogen-bond donors (Lipinski definition) is 2. The van der Waals surface area contributed by atoms with Crippen molar-refractivity contribution in [2.45, 2.75) is 29.9 Å². The molecule has 2 aromatic rings. The Morgan fingerprint density at radius 3 is 2.26 bits per heavy atom. The first kappa shape index (κ1) is 23.5. The second kappa shape index (κ2) is 8.78. The monoisotopic (exact) mass is 469 g/mol. The lowest BCUT2D eigenvalue weighted by Crippen LogP contribution is -2.62. The third kappa shape index (κ3) is 3.51. The van der Waals surface area contributed by atoms with E-state index in [0.29, 0.717) is 13.0 Å². The van der Waals surface area contributed by atoms with Crippen LogP contribution in [0.5, 0.6) is 17.2 Å². The normalized spacial score (nSPS) is 20.8. The minimum Gasteiger partial charge on any atom is -0.493 e. The van der Waals surface area contributed by atoms with Gasteiger partial charge in [-0.25, -0.2) is 0 Å². The lowest BCUT2D eigenvalue weighted by Gasteiger charge is -2.44. The highest BCUT2D eigenvalue weighted by Gasteiger charge is 2.65. The zero-order valence-corrected chi connectivity index (χ0v) is 19.6. The van der Waals surface area contributed by atoms with Crippen molar-refractivity contribution in [2.75, 3.05) is 34.4 Å². The van der Waals surface area contributed by atoms with Gasteiger partial charge in [0.1, 0.15) is 0 Å². The molecule has 3 rings (SSSR count). The summed E-state index contributed by atoms with van der Waals surface area (Å²) in [6.45, 7) is 2.38. The number of methoxy groups -OCH3 is 3. The molecule has 10 heteroatoms.